The zero-order valence-corrected chi connectivity index (χ0v) is 16.4. The van der Waals surface area contributed by atoms with E-state index in [1.54, 1.807) is 6.92 Å². The summed E-state index contributed by atoms with van der Waals surface area (Å²) < 4.78 is 5.58. The molecule has 0 aliphatic rings. The van der Waals surface area contributed by atoms with Crippen molar-refractivity contribution >= 4 is 0 Å². The van der Waals surface area contributed by atoms with Gasteiger partial charge >= 0.3 is 5.63 Å². The first kappa shape index (κ1) is 20.8. The van der Waals surface area contributed by atoms with E-state index in [0.717, 1.165) is 11.1 Å². The largest absolute Gasteiger partial charge is 0.507 e. The SMILES string of the molecule is CC(O)C(Cc1ccccc1)c1cc(O)c(C(CCO)c2ccccc2)c(=O)o1. The molecule has 5 heteroatoms. The van der Waals surface area contributed by atoms with Crippen molar-refractivity contribution in [1.29, 1.82) is 0 Å². The van der Waals surface area contributed by atoms with Crippen molar-refractivity contribution in [3.63, 3.8) is 0 Å². The minimum absolute atomic E-state index is 0.123. The highest BCUT2D eigenvalue weighted by molar-refractivity contribution is 5.40. The molecule has 0 fully saturated rings. The Hall–Kier alpha value is -2.89. The number of aromatic hydroxyl groups is 1. The van der Waals surface area contributed by atoms with Gasteiger partial charge in [-0.25, -0.2) is 4.79 Å². The normalized spacial score (nSPS) is 14.3. The first-order valence-corrected chi connectivity index (χ1v) is 9.76. The Bertz CT molecular complexity index is 964. The van der Waals surface area contributed by atoms with Crippen LogP contribution in [0.15, 0.2) is 75.9 Å². The molecule has 3 rings (SSSR count). The van der Waals surface area contributed by atoms with Crippen molar-refractivity contribution in [2.45, 2.75) is 37.7 Å². The average molecular weight is 394 g/mol. The van der Waals surface area contributed by atoms with Gasteiger partial charge in [-0.05, 0) is 30.9 Å². The Morgan fingerprint density at radius 1 is 1.00 bits per heavy atom. The van der Waals surface area contributed by atoms with Crippen LogP contribution in [0.5, 0.6) is 5.75 Å². The molecular formula is C24H26O5. The first-order chi connectivity index (χ1) is 14.0. The fourth-order valence-electron chi connectivity index (χ4n) is 3.68. The summed E-state index contributed by atoms with van der Waals surface area (Å²) >= 11 is 0. The van der Waals surface area contributed by atoms with Crippen LogP contribution in [0.25, 0.3) is 0 Å². The molecule has 3 atom stereocenters. The quantitative estimate of drug-likeness (QED) is 0.543. The second-order valence-corrected chi connectivity index (χ2v) is 7.25. The van der Waals surface area contributed by atoms with Crippen molar-refractivity contribution in [3.8, 4) is 5.75 Å². The molecule has 1 aromatic heterocycles. The lowest BCUT2D eigenvalue weighted by Crippen LogP contribution is -2.21. The van der Waals surface area contributed by atoms with E-state index in [1.165, 1.54) is 6.07 Å². The van der Waals surface area contributed by atoms with Gasteiger partial charge in [-0.2, -0.15) is 0 Å². The zero-order valence-electron chi connectivity index (χ0n) is 16.4. The summed E-state index contributed by atoms with van der Waals surface area (Å²) in [6.07, 6.45) is -0.0178. The number of rotatable bonds is 8. The smallest absolute Gasteiger partial charge is 0.343 e. The highest BCUT2D eigenvalue weighted by Gasteiger charge is 2.27. The predicted octanol–water partition coefficient (Wildman–Crippen LogP) is 3.57. The van der Waals surface area contributed by atoms with E-state index in [0.29, 0.717) is 6.42 Å². The lowest BCUT2D eigenvalue weighted by Gasteiger charge is -2.21. The number of benzene rings is 2. The van der Waals surface area contributed by atoms with Crippen LogP contribution in [0.1, 0.15) is 47.6 Å². The molecule has 0 saturated carbocycles. The molecule has 0 aliphatic carbocycles. The van der Waals surface area contributed by atoms with Gasteiger partial charge in [0.15, 0.2) is 0 Å². The molecule has 3 unspecified atom stereocenters. The van der Waals surface area contributed by atoms with Crippen molar-refractivity contribution in [1.82, 2.24) is 0 Å². The van der Waals surface area contributed by atoms with Gasteiger partial charge in [-0.1, -0.05) is 60.7 Å². The van der Waals surface area contributed by atoms with Crippen molar-refractivity contribution in [3.05, 3.63) is 99.6 Å². The molecule has 0 aliphatic heterocycles. The molecule has 0 radical (unpaired) electrons. The molecule has 5 nitrogen and oxygen atoms in total. The van der Waals surface area contributed by atoms with Crippen LogP contribution in [0.2, 0.25) is 0 Å². The van der Waals surface area contributed by atoms with Crippen LogP contribution >= 0.6 is 0 Å². The third-order valence-corrected chi connectivity index (χ3v) is 5.20. The molecule has 152 valence electrons. The maximum absolute atomic E-state index is 12.8. The maximum atomic E-state index is 12.8. The first-order valence-electron chi connectivity index (χ1n) is 9.76. The Labute approximate surface area is 169 Å². The monoisotopic (exact) mass is 394 g/mol. The van der Waals surface area contributed by atoms with Crippen LogP contribution in [0.3, 0.4) is 0 Å². The van der Waals surface area contributed by atoms with Crippen LogP contribution in [0, 0.1) is 0 Å². The zero-order chi connectivity index (χ0) is 20.8. The van der Waals surface area contributed by atoms with Gasteiger partial charge in [-0.15, -0.1) is 0 Å². The Morgan fingerprint density at radius 2 is 1.62 bits per heavy atom. The third kappa shape index (κ3) is 4.94. The fourth-order valence-corrected chi connectivity index (χ4v) is 3.68. The van der Waals surface area contributed by atoms with Gasteiger partial charge in [-0.3, -0.25) is 0 Å². The second-order valence-electron chi connectivity index (χ2n) is 7.25. The molecular weight excluding hydrogens is 368 g/mol. The topological polar surface area (TPSA) is 90.9 Å². The summed E-state index contributed by atoms with van der Waals surface area (Å²) in [5, 5.41) is 30.5. The number of hydrogen-bond acceptors (Lipinski definition) is 5. The van der Waals surface area contributed by atoms with Gasteiger partial charge in [0.1, 0.15) is 11.5 Å². The summed E-state index contributed by atoms with van der Waals surface area (Å²) in [6.45, 7) is 1.50. The molecule has 0 bridgehead atoms. The van der Waals surface area contributed by atoms with E-state index in [2.05, 4.69) is 0 Å². The number of aliphatic hydroxyl groups excluding tert-OH is 2. The van der Waals surface area contributed by atoms with Gasteiger partial charge < -0.3 is 19.7 Å². The minimum atomic E-state index is -0.772. The summed E-state index contributed by atoms with van der Waals surface area (Å²) in [5.41, 5.74) is 1.28. The average Bonchev–Trinajstić information content (AvgIpc) is 2.72. The van der Waals surface area contributed by atoms with Crippen molar-refractivity contribution in [2.75, 3.05) is 6.61 Å². The van der Waals surface area contributed by atoms with Crippen molar-refractivity contribution < 1.29 is 19.7 Å². The molecule has 3 aromatic rings. The van der Waals surface area contributed by atoms with E-state index in [4.69, 9.17) is 4.42 Å². The van der Waals surface area contributed by atoms with Crippen LogP contribution in [0.4, 0.5) is 0 Å². The minimum Gasteiger partial charge on any atom is -0.507 e. The maximum Gasteiger partial charge on any atom is 0.343 e. The molecule has 0 amide bonds. The Kier molecular flexibility index (Phi) is 6.86. The predicted molar refractivity (Wildman–Crippen MR) is 111 cm³/mol. The van der Waals surface area contributed by atoms with Crippen LogP contribution in [-0.2, 0) is 6.42 Å². The van der Waals surface area contributed by atoms with Crippen LogP contribution < -0.4 is 5.63 Å². The second kappa shape index (κ2) is 9.54. The Balaban J connectivity index is 2.00. The van der Waals surface area contributed by atoms with Crippen LogP contribution in [-0.4, -0.2) is 28.0 Å². The summed E-state index contributed by atoms with van der Waals surface area (Å²) in [4.78, 5) is 12.8. The summed E-state index contributed by atoms with van der Waals surface area (Å²) in [6, 6.07) is 20.3. The molecule has 0 spiro atoms. The molecule has 3 N–H and O–H groups in total. The number of aliphatic hydroxyl groups is 2. The van der Waals surface area contributed by atoms with E-state index >= 15 is 0 Å². The highest BCUT2D eigenvalue weighted by Crippen LogP contribution is 2.34. The lowest BCUT2D eigenvalue weighted by atomic mass is 9.87. The Morgan fingerprint density at radius 3 is 2.17 bits per heavy atom. The highest BCUT2D eigenvalue weighted by atomic mass is 16.4. The number of hydrogen-bond donors (Lipinski definition) is 3. The van der Waals surface area contributed by atoms with Crippen molar-refractivity contribution in [2.24, 2.45) is 0 Å². The third-order valence-electron chi connectivity index (χ3n) is 5.20. The molecule has 29 heavy (non-hydrogen) atoms. The van der Waals surface area contributed by atoms with E-state index in [1.807, 2.05) is 60.7 Å². The molecule has 1 heterocycles. The van der Waals surface area contributed by atoms with E-state index in [9.17, 15) is 20.1 Å². The molecule has 0 saturated heterocycles. The lowest BCUT2D eigenvalue weighted by molar-refractivity contribution is 0.147. The van der Waals surface area contributed by atoms with E-state index < -0.39 is 23.6 Å². The van der Waals surface area contributed by atoms with Gasteiger partial charge in [0.2, 0.25) is 0 Å². The standard InChI is InChI=1S/C24H26O5/c1-16(26)20(14-17-8-4-2-5-9-17)22-15-21(27)23(24(28)29-22)19(12-13-25)18-10-6-3-7-11-18/h2-11,15-16,19-20,25-27H,12-14H2,1H3. The summed E-state index contributed by atoms with van der Waals surface area (Å²) in [7, 11) is 0. The van der Waals surface area contributed by atoms with Gasteiger partial charge in [0.05, 0.1) is 11.7 Å². The van der Waals surface area contributed by atoms with Gasteiger partial charge in [0.25, 0.3) is 0 Å². The van der Waals surface area contributed by atoms with E-state index in [-0.39, 0.29) is 30.1 Å². The van der Waals surface area contributed by atoms with Gasteiger partial charge in [0, 0.05) is 24.5 Å². The summed E-state index contributed by atoms with van der Waals surface area (Å²) in [5.74, 6) is -0.896. The molecule has 2 aromatic carbocycles. The fraction of sp³-hybridized carbons (Fsp3) is 0.292.